The van der Waals surface area contributed by atoms with E-state index >= 15 is 0 Å². The minimum Gasteiger partial charge on any atom is -0.303 e. The predicted molar refractivity (Wildman–Crippen MR) is 79.9 cm³/mol. The van der Waals surface area contributed by atoms with Crippen molar-refractivity contribution in [3.8, 4) is 0 Å². The van der Waals surface area contributed by atoms with Crippen LogP contribution in [0.4, 0.5) is 0 Å². The van der Waals surface area contributed by atoms with Crippen molar-refractivity contribution in [1.29, 1.82) is 0 Å². The highest BCUT2D eigenvalue weighted by Gasteiger charge is 2.39. The average molecular weight is 308 g/mol. The molecule has 0 radical (unpaired) electrons. The van der Waals surface area contributed by atoms with Gasteiger partial charge in [-0.1, -0.05) is 40.9 Å². The minimum atomic E-state index is 0.835. The van der Waals surface area contributed by atoms with Crippen molar-refractivity contribution in [1.82, 2.24) is 4.90 Å². The lowest BCUT2D eigenvalue weighted by Crippen LogP contribution is -2.27. The normalized spacial score (nSPS) is 28.9. The highest BCUT2D eigenvalue weighted by molar-refractivity contribution is 9.10. The molecule has 1 saturated heterocycles. The van der Waals surface area contributed by atoms with Crippen molar-refractivity contribution in [3.05, 3.63) is 34.3 Å². The Hall–Kier alpha value is -0.340. The standard InChI is InChI=1S/C16H22BrN/c17-15-7-5-13(6-8-15)16-11-14(16)12-18-9-3-1-2-4-10-18/h5-8,14,16H,1-4,9-12H2/t14-,16+/m0/s1. The zero-order valence-corrected chi connectivity index (χ0v) is 12.5. The summed E-state index contributed by atoms with van der Waals surface area (Å²) in [7, 11) is 0. The average Bonchev–Trinajstić information content (AvgIpc) is 3.16. The molecule has 1 nitrogen and oxygen atoms in total. The molecule has 1 aromatic rings. The van der Waals surface area contributed by atoms with Crippen LogP contribution in [0.2, 0.25) is 0 Å². The summed E-state index contributed by atoms with van der Waals surface area (Å²) in [4.78, 5) is 2.70. The van der Waals surface area contributed by atoms with E-state index in [2.05, 4.69) is 45.1 Å². The van der Waals surface area contributed by atoms with E-state index < -0.39 is 0 Å². The number of nitrogens with zero attached hydrogens (tertiary/aromatic N) is 1. The molecule has 1 heterocycles. The lowest BCUT2D eigenvalue weighted by molar-refractivity contribution is 0.272. The van der Waals surface area contributed by atoms with E-state index in [-0.39, 0.29) is 0 Å². The lowest BCUT2D eigenvalue weighted by Gasteiger charge is -2.19. The van der Waals surface area contributed by atoms with Gasteiger partial charge in [-0.15, -0.1) is 0 Å². The maximum Gasteiger partial charge on any atom is 0.0175 e. The summed E-state index contributed by atoms with van der Waals surface area (Å²) >= 11 is 3.51. The fraction of sp³-hybridized carbons (Fsp3) is 0.625. The summed E-state index contributed by atoms with van der Waals surface area (Å²) in [6.07, 6.45) is 7.11. The molecular weight excluding hydrogens is 286 g/mol. The monoisotopic (exact) mass is 307 g/mol. The third kappa shape index (κ3) is 3.16. The van der Waals surface area contributed by atoms with E-state index in [0.29, 0.717) is 0 Å². The van der Waals surface area contributed by atoms with Gasteiger partial charge in [0.05, 0.1) is 0 Å². The third-order valence-corrected chi connectivity index (χ3v) is 4.94. The Kier molecular flexibility index (Phi) is 4.05. The summed E-state index contributed by atoms with van der Waals surface area (Å²) in [6.45, 7) is 4.01. The largest absolute Gasteiger partial charge is 0.303 e. The van der Waals surface area contributed by atoms with Crippen LogP contribution in [0, 0.1) is 5.92 Å². The van der Waals surface area contributed by atoms with Crippen LogP contribution < -0.4 is 0 Å². The van der Waals surface area contributed by atoms with Gasteiger partial charge in [0.1, 0.15) is 0 Å². The first-order valence-corrected chi connectivity index (χ1v) is 8.10. The van der Waals surface area contributed by atoms with E-state index in [1.54, 1.807) is 0 Å². The Morgan fingerprint density at radius 1 is 1.00 bits per heavy atom. The first kappa shape index (κ1) is 12.7. The molecule has 0 spiro atoms. The lowest BCUT2D eigenvalue weighted by atomic mass is 10.1. The van der Waals surface area contributed by atoms with Gasteiger partial charge >= 0.3 is 0 Å². The summed E-state index contributed by atoms with van der Waals surface area (Å²) in [5, 5.41) is 0. The van der Waals surface area contributed by atoms with E-state index in [0.717, 1.165) is 11.8 Å². The predicted octanol–water partition coefficient (Wildman–Crippen LogP) is 4.43. The molecule has 2 fully saturated rings. The third-order valence-electron chi connectivity index (χ3n) is 4.41. The summed E-state index contributed by atoms with van der Waals surface area (Å²) < 4.78 is 1.19. The maximum atomic E-state index is 3.51. The minimum absolute atomic E-state index is 0.835. The van der Waals surface area contributed by atoms with Gasteiger partial charge in [0.2, 0.25) is 0 Å². The van der Waals surface area contributed by atoms with Gasteiger partial charge in [0, 0.05) is 11.0 Å². The van der Waals surface area contributed by atoms with Crippen LogP contribution in [0.5, 0.6) is 0 Å². The second-order valence-corrected chi connectivity index (χ2v) is 6.78. The van der Waals surface area contributed by atoms with Crippen molar-refractivity contribution < 1.29 is 0 Å². The first-order chi connectivity index (χ1) is 8.83. The summed E-state index contributed by atoms with van der Waals surface area (Å²) in [6, 6.07) is 8.93. The summed E-state index contributed by atoms with van der Waals surface area (Å²) in [5.74, 6) is 1.76. The first-order valence-electron chi connectivity index (χ1n) is 7.31. The number of rotatable bonds is 3. The molecular formula is C16H22BrN. The highest BCUT2D eigenvalue weighted by Crippen LogP contribution is 2.48. The Balaban J connectivity index is 1.52. The number of hydrogen-bond acceptors (Lipinski definition) is 1. The number of likely N-dealkylation sites (tertiary alicyclic amines) is 1. The van der Waals surface area contributed by atoms with Crippen LogP contribution in [-0.4, -0.2) is 24.5 Å². The molecule has 2 heteroatoms. The van der Waals surface area contributed by atoms with Crippen LogP contribution in [0.3, 0.4) is 0 Å². The van der Waals surface area contributed by atoms with Crippen LogP contribution in [0.15, 0.2) is 28.7 Å². The molecule has 1 aliphatic carbocycles. The number of hydrogen-bond donors (Lipinski definition) is 0. The van der Waals surface area contributed by atoms with Crippen molar-refractivity contribution in [2.75, 3.05) is 19.6 Å². The molecule has 2 atom stereocenters. The Morgan fingerprint density at radius 2 is 1.67 bits per heavy atom. The molecule has 1 aromatic carbocycles. The molecule has 1 aliphatic heterocycles. The van der Waals surface area contributed by atoms with Gasteiger partial charge in [0.25, 0.3) is 0 Å². The molecule has 2 aliphatic rings. The molecule has 18 heavy (non-hydrogen) atoms. The van der Waals surface area contributed by atoms with E-state index in [1.807, 2.05) is 0 Å². The second kappa shape index (κ2) is 5.75. The molecule has 1 saturated carbocycles. The maximum absolute atomic E-state index is 3.51. The van der Waals surface area contributed by atoms with Crippen LogP contribution in [0.1, 0.15) is 43.6 Å². The Labute approximate surface area is 119 Å². The molecule has 3 rings (SSSR count). The zero-order valence-electron chi connectivity index (χ0n) is 10.9. The van der Waals surface area contributed by atoms with Gasteiger partial charge in [0.15, 0.2) is 0 Å². The van der Waals surface area contributed by atoms with Gasteiger partial charge < -0.3 is 4.90 Å². The quantitative estimate of drug-likeness (QED) is 0.798. The fourth-order valence-corrected chi connectivity index (χ4v) is 3.48. The SMILES string of the molecule is Brc1ccc([C@H]2C[C@H]2CN2CCCCCC2)cc1. The highest BCUT2D eigenvalue weighted by atomic mass is 79.9. The van der Waals surface area contributed by atoms with E-state index in [1.165, 1.54) is 61.8 Å². The fourth-order valence-electron chi connectivity index (χ4n) is 3.22. The van der Waals surface area contributed by atoms with Crippen molar-refractivity contribution in [3.63, 3.8) is 0 Å². The van der Waals surface area contributed by atoms with Crippen LogP contribution in [-0.2, 0) is 0 Å². The molecule has 98 valence electrons. The van der Waals surface area contributed by atoms with Crippen molar-refractivity contribution >= 4 is 15.9 Å². The Bertz CT molecular complexity index is 379. The van der Waals surface area contributed by atoms with Crippen LogP contribution >= 0.6 is 15.9 Å². The van der Waals surface area contributed by atoms with E-state index in [9.17, 15) is 0 Å². The molecule has 0 aromatic heterocycles. The molecule has 0 unspecified atom stereocenters. The van der Waals surface area contributed by atoms with Gasteiger partial charge in [-0.05, 0) is 61.9 Å². The summed E-state index contributed by atoms with van der Waals surface area (Å²) in [5.41, 5.74) is 1.54. The topological polar surface area (TPSA) is 3.24 Å². The van der Waals surface area contributed by atoms with Crippen molar-refractivity contribution in [2.24, 2.45) is 5.92 Å². The Morgan fingerprint density at radius 3 is 2.33 bits per heavy atom. The number of benzene rings is 1. The molecule has 0 bridgehead atoms. The zero-order chi connectivity index (χ0) is 12.4. The van der Waals surface area contributed by atoms with E-state index in [4.69, 9.17) is 0 Å². The van der Waals surface area contributed by atoms with Gasteiger partial charge in [-0.25, -0.2) is 0 Å². The number of halogens is 1. The van der Waals surface area contributed by atoms with Gasteiger partial charge in [-0.2, -0.15) is 0 Å². The van der Waals surface area contributed by atoms with Gasteiger partial charge in [-0.3, -0.25) is 0 Å². The molecule has 0 amide bonds. The second-order valence-electron chi connectivity index (χ2n) is 5.87. The van der Waals surface area contributed by atoms with Crippen molar-refractivity contribution in [2.45, 2.75) is 38.0 Å². The smallest absolute Gasteiger partial charge is 0.0175 e. The van der Waals surface area contributed by atoms with Crippen LogP contribution in [0.25, 0.3) is 0 Å². The molecule has 0 N–H and O–H groups in total.